The summed E-state index contributed by atoms with van der Waals surface area (Å²) in [5, 5.41) is 34.7. The van der Waals surface area contributed by atoms with E-state index in [1.54, 1.807) is 0 Å². The molecule has 4 heteroatoms. The van der Waals surface area contributed by atoms with Crippen LogP contribution < -0.4 is 0 Å². The third kappa shape index (κ3) is 5.17. The van der Waals surface area contributed by atoms with Crippen LogP contribution in [0.25, 0.3) is 66.4 Å². The number of allylic oxidation sites excluding steroid dienone is 4. The van der Waals surface area contributed by atoms with Crippen LogP contribution in [0.3, 0.4) is 0 Å². The lowest BCUT2D eigenvalue weighted by Gasteiger charge is -2.21. The highest BCUT2D eigenvalue weighted by Gasteiger charge is 2.29. The van der Waals surface area contributed by atoms with E-state index in [2.05, 4.69) is 78.9 Å². The number of hydrogen-bond donors (Lipinski definition) is 0. The molecule has 0 aliphatic carbocycles. The molecular weight excluding hydrogens is 597 g/mol. The molecule has 0 atom stereocenters. The molecule has 230 valence electrons. The molecule has 0 saturated heterocycles. The van der Waals surface area contributed by atoms with E-state index in [4.69, 9.17) is 0 Å². The van der Waals surface area contributed by atoms with Crippen LogP contribution >= 0.6 is 0 Å². The van der Waals surface area contributed by atoms with Gasteiger partial charge in [-0.1, -0.05) is 121 Å². The average molecular weight is 627 g/mol. The van der Waals surface area contributed by atoms with E-state index < -0.39 is 0 Å². The summed E-state index contributed by atoms with van der Waals surface area (Å²) in [4.78, 5) is 0. The lowest BCUT2D eigenvalue weighted by Crippen LogP contribution is -2.09. The van der Waals surface area contributed by atoms with E-state index in [0.717, 1.165) is 55.2 Å². The largest absolute Gasteiger partial charge is 0.307 e. The summed E-state index contributed by atoms with van der Waals surface area (Å²) in [5.74, 6) is 0. The average Bonchev–Trinajstić information content (AvgIpc) is 3.49. The van der Waals surface area contributed by atoms with E-state index in [-0.39, 0.29) is 11.1 Å². The van der Waals surface area contributed by atoms with Gasteiger partial charge in [-0.2, -0.15) is 15.8 Å². The molecule has 0 aliphatic heterocycles. The Bertz CT molecular complexity index is 2470. The minimum Gasteiger partial charge on any atom is -0.307 e. The molecule has 0 bridgehead atoms. The predicted octanol–water partition coefficient (Wildman–Crippen LogP) is 11.4. The number of fused-ring (bicyclic) bond motifs is 3. The van der Waals surface area contributed by atoms with Gasteiger partial charge in [0.2, 0.25) is 0 Å². The van der Waals surface area contributed by atoms with Gasteiger partial charge in [0.05, 0.1) is 33.4 Å². The maximum Gasteiger partial charge on any atom is 0.102 e. The number of aromatic nitrogens is 1. The fraction of sp³-hybridized carbons (Fsp3) is 0.0444. The lowest BCUT2D eigenvalue weighted by atomic mass is 9.83. The first-order valence-corrected chi connectivity index (χ1v) is 16.1. The van der Waals surface area contributed by atoms with Gasteiger partial charge in [0.15, 0.2) is 0 Å². The van der Waals surface area contributed by atoms with Crippen LogP contribution in [0, 0.1) is 34.0 Å². The molecule has 1 heterocycles. The van der Waals surface area contributed by atoms with Crippen LogP contribution in [-0.2, 0) is 0 Å². The summed E-state index contributed by atoms with van der Waals surface area (Å²) in [6.07, 6.45) is 5.71. The van der Waals surface area contributed by atoms with E-state index in [1.165, 1.54) is 0 Å². The van der Waals surface area contributed by atoms with Crippen molar-refractivity contribution >= 4 is 27.4 Å². The topological polar surface area (TPSA) is 76.3 Å². The minimum atomic E-state index is 0.275. The first kappa shape index (κ1) is 30.7. The Labute approximate surface area is 286 Å². The predicted molar refractivity (Wildman–Crippen MR) is 200 cm³/mol. The Morgan fingerprint density at radius 2 is 1.00 bits per heavy atom. The number of nitrogens with zero attached hydrogens (tertiary/aromatic N) is 4. The third-order valence-electron chi connectivity index (χ3n) is 9.02. The molecule has 7 rings (SSSR count). The van der Waals surface area contributed by atoms with Crippen molar-refractivity contribution in [2.45, 2.75) is 13.8 Å². The van der Waals surface area contributed by atoms with Gasteiger partial charge < -0.3 is 4.57 Å². The van der Waals surface area contributed by atoms with Crippen LogP contribution in [0.1, 0.15) is 36.1 Å². The second-order valence-corrected chi connectivity index (χ2v) is 11.7. The van der Waals surface area contributed by atoms with Crippen molar-refractivity contribution in [1.29, 1.82) is 15.8 Å². The van der Waals surface area contributed by atoms with Gasteiger partial charge in [-0.3, -0.25) is 0 Å². The Morgan fingerprint density at radius 3 is 1.43 bits per heavy atom. The highest BCUT2D eigenvalue weighted by molar-refractivity contribution is 6.12. The molecule has 7 aromatic rings. The maximum atomic E-state index is 11.0. The lowest BCUT2D eigenvalue weighted by molar-refractivity contribution is 1.15. The fourth-order valence-corrected chi connectivity index (χ4v) is 6.86. The Hall–Kier alpha value is -6.93. The molecule has 0 spiro atoms. The summed E-state index contributed by atoms with van der Waals surface area (Å²) in [6.45, 7) is 3.81. The van der Waals surface area contributed by atoms with Crippen LogP contribution in [0.15, 0.2) is 146 Å². The van der Waals surface area contributed by atoms with Gasteiger partial charge in [0.25, 0.3) is 0 Å². The maximum absolute atomic E-state index is 11.0. The molecule has 0 amide bonds. The quantitative estimate of drug-likeness (QED) is 0.172. The van der Waals surface area contributed by atoms with Crippen molar-refractivity contribution in [2.24, 2.45) is 0 Å². The highest BCUT2D eigenvalue weighted by Crippen LogP contribution is 2.44. The zero-order valence-corrected chi connectivity index (χ0v) is 27.1. The zero-order chi connectivity index (χ0) is 33.9. The van der Waals surface area contributed by atoms with E-state index >= 15 is 0 Å². The van der Waals surface area contributed by atoms with Gasteiger partial charge >= 0.3 is 0 Å². The smallest absolute Gasteiger partial charge is 0.102 e. The van der Waals surface area contributed by atoms with Crippen LogP contribution in [-0.4, -0.2) is 4.57 Å². The Balaban J connectivity index is 1.69. The molecule has 0 fully saturated rings. The van der Waals surface area contributed by atoms with Crippen molar-refractivity contribution < 1.29 is 0 Å². The molecule has 4 nitrogen and oxygen atoms in total. The van der Waals surface area contributed by atoms with Crippen molar-refractivity contribution in [2.75, 3.05) is 0 Å². The molecule has 0 unspecified atom stereocenters. The third-order valence-corrected chi connectivity index (χ3v) is 9.02. The number of rotatable bonds is 6. The molecule has 49 heavy (non-hydrogen) atoms. The molecule has 6 aromatic carbocycles. The monoisotopic (exact) mass is 626 g/mol. The van der Waals surface area contributed by atoms with E-state index in [0.29, 0.717) is 22.4 Å². The standard InChI is InChI=1S/C45H30N4/c1-3-14-30(4-2)43-38(27-46)44(33-19-12-7-13-20-33)40(29-48)45(39(43)28-47)49-41-23-21-34(31-15-8-5-9-16-31)25-36(41)37-26-35(22-24-42(37)49)32-17-10-6-11-18-32/h3-26H,1-2H3. The molecule has 0 N–H and O–H groups in total. The highest BCUT2D eigenvalue weighted by atomic mass is 15.0. The van der Waals surface area contributed by atoms with Gasteiger partial charge in [-0.25, -0.2) is 0 Å². The number of benzene rings is 6. The first-order chi connectivity index (χ1) is 24.1. The number of nitriles is 3. The van der Waals surface area contributed by atoms with E-state index in [1.807, 2.05) is 103 Å². The summed E-state index contributed by atoms with van der Waals surface area (Å²) in [6, 6.07) is 50.0. The second kappa shape index (κ2) is 13.1. The zero-order valence-electron chi connectivity index (χ0n) is 27.1. The van der Waals surface area contributed by atoms with Gasteiger partial charge in [0, 0.05) is 21.9 Å². The fourth-order valence-electron chi connectivity index (χ4n) is 6.86. The summed E-state index contributed by atoms with van der Waals surface area (Å²) >= 11 is 0. The van der Waals surface area contributed by atoms with Crippen LogP contribution in [0.2, 0.25) is 0 Å². The molecule has 0 saturated carbocycles. The van der Waals surface area contributed by atoms with Gasteiger partial charge in [-0.05, 0) is 71.5 Å². The SMILES string of the molecule is CC=CC(=CC)c1c(C#N)c(-c2ccccc2)c(C#N)c(-n2c3ccc(-c4ccccc4)cc3c3cc(-c4ccccc4)ccc32)c1C#N. The first-order valence-electron chi connectivity index (χ1n) is 16.1. The Morgan fingerprint density at radius 1 is 0.531 bits per heavy atom. The number of hydrogen-bond acceptors (Lipinski definition) is 3. The van der Waals surface area contributed by atoms with Crippen molar-refractivity contribution in [3.05, 3.63) is 168 Å². The summed E-state index contributed by atoms with van der Waals surface area (Å²) in [5.41, 5.74) is 9.82. The molecular formula is C45H30N4. The molecule has 0 radical (unpaired) electrons. The summed E-state index contributed by atoms with van der Waals surface area (Å²) in [7, 11) is 0. The van der Waals surface area contributed by atoms with E-state index in [9.17, 15) is 15.8 Å². The summed E-state index contributed by atoms with van der Waals surface area (Å²) < 4.78 is 2.05. The Kier molecular flexibility index (Phi) is 8.18. The normalized spacial score (nSPS) is 11.4. The van der Waals surface area contributed by atoms with Crippen molar-refractivity contribution in [3.8, 4) is 57.3 Å². The van der Waals surface area contributed by atoms with Gasteiger partial charge in [-0.15, -0.1) is 0 Å². The second-order valence-electron chi connectivity index (χ2n) is 11.7. The molecule has 1 aromatic heterocycles. The molecule has 0 aliphatic rings. The van der Waals surface area contributed by atoms with Crippen molar-refractivity contribution in [1.82, 2.24) is 4.57 Å². The van der Waals surface area contributed by atoms with Gasteiger partial charge in [0.1, 0.15) is 18.2 Å². The van der Waals surface area contributed by atoms with Crippen LogP contribution in [0.5, 0.6) is 0 Å². The van der Waals surface area contributed by atoms with Crippen molar-refractivity contribution in [3.63, 3.8) is 0 Å². The minimum absolute atomic E-state index is 0.275. The van der Waals surface area contributed by atoms with Crippen LogP contribution in [0.4, 0.5) is 0 Å².